The Labute approximate surface area is 130 Å². The summed E-state index contributed by atoms with van der Waals surface area (Å²) in [5.41, 5.74) is 2.16. The molecule has 1 aliphatic heterocycles. The molecule has 0 spiro atoms. The van der Waals surface area contributed by atoms with Crippen LogP contribution in [-0.2, 0) is 11.3 Å². The van der Waals surface area contributed by atoms with Crippen molar-refractivity contribution < 1.29 is 4.79 Å². The molecule has 22 heavy (non-hydrogen) atoms. The Morgan fingerprint density at radius 1 is 1.27 bits per heavy atom. The number of hydrogen-bond donors (Lipinski definition) is 1. The smallest absolute Gasteiger partial charge is 0.219 e. The molecule has 0 radical (unpaired) electrons. The minimum Gasteiger partial charge on any atom is -0.340 e. The van der Waals surface area contributed by atoms with Gasteiger partial charge >= 0.3 is 0 Å². The number of imidazole rings is 1. The van der Waals surface area contributed by atoms with Gasteiger partial charge in [-0.1, -0.05) is 6.07 Å². The number of nitrogens with zero attached hydrogens (tertiary/aromatic N) is 4. The van der Waals surface area contributed by atoms with Crippen LogP contribution in [0.25, 0.3) is 5.65 Å². The number of carbonyl (C=O) groups excluding carboxylic acids is 1. The van der Waals surface area contributed by atoms with E-state index >= 15 is 0 Å². The quantitative estimate of drug-likeness (QED) is 0.821. The van der Waals surface area contributed by atoms with Crippen molar-refractivity contribution in [3.63, 3.8) is 0 Å². The largest absolute Gasteiger partial charge is 0.340 e. The number of piperazine rings is 1. The fourth-order valence-electron chi connectivity index (χ4n) is 2.86. The van der Waals surface area contributed by atoms with Crippen LogP contribution in [0.3, 0.4) is 0 Å². The lowest BCUT2D eigenvalue weighted by Gasteiger charge is -2.34. The van der Waals surface area contributed by atoms with Crippen molar-refractivity contribution in [3.8, 4) is 0 Å². The second-order valence-corrected chi connectivity index (χ2v) is 5.70. The van der Waals surface area contributed by atoms with Gasteiger partial charge in [-0.15, -0.1) is 0 Å². The normalized spacial score (nSPS) is 16.3. The molecule has 3 rings (SSSR count). The number of amides is 1. The van der Waals surface area contributed by atoms with Crippen LogP contribution in [0.5, 0.6) is 0 Å². The Bertz CT molecular complexity index is 630. The maximum absolute atomic E-state index is 11.3. The molecular formula is C16H23N5O. The van der Waals surface area contributed by atoms with Crippen LogP contribution in [0.2, 0.25) is 0 Å². The second kappa shape index (κ2) is 6.89. The fraction of sp³-hybridized carbons (Fsp3) is 0.500. The molecule has 0 unspecified atom stereocenters. The van der Waals surface area contributed by atoms with Crippen LogP contribution in [-0.4, -0.2) is 64.4 Å². The van der Waals surface area contributed by atoms with Gasteiger partial charge in [0.25, 0.3) is 0 Å². The van der Waals surface area contributed by atoms with Crippen LogP contribution < -0.4 is 5.32 Å². The van der Waals surface area contributed by atoms with Gasteiger partial charge < -0.3 is 14.6 Å². The van der Waals surface area contributed by atoms with Crippen molar-refractivity contribution in [1.29, 1.82) is 0 Å². The molecule has 1 N–H and O–H groups in total. The molecule has 0 aliphatic carbocycles. The summed E-state index contributed by atoms with van der Waals surface area (Å²) in [5, 5.41) is 3.48. The Hall–Kier alpha value is -1.92. The van der Waals surface area contributed by atoms with Gasteiger partial charge in [-0.2, -0.15) is 0 Å². The van der Waals surface area contributed by atoms with Gasteiger partial charge in [0.05, 0.1) is 11.9 Å². The molecule has 0 aromatic carbocycles. The summed E-state index contributed by atoms with van der Waals surface area (Å²) < 4.78 is 2.11. The predicted molar refractivity (Wildman–Crippen MR) is 85.6 cm³/mol. The van der Waals surface area contributed by atoms with Crippen molar-refractivity contribution in [3.05, 3.63) is 36.3 Å². The number of rotatable bonds is 5. The third kappa shape index (κ3) is 3.45. The first-order chi connectivity index (χ1) is 10.7. The van der Waals surface area contributed by atoms with Gasteiger partial charge in [0.1, 0.15) is 5.65 Å². The predicted octanol–water partition coefficient (Wildman–Crippen LogP) is 0.588. The maximum atomic E-state index is 11.3. The zero-order valence-corrected chi connectivity index (χ0v) is 13.0. The standard InChI is InChI=1S/C16H23N5O/c1-14(22)20-10-8-19(9-11-20)7-5-17-12-15-13-18-16-4-2-3-6-21(15)16/h2-4,6,13,17H,5,7-12H2,1H3. The first kappa shape index (κ1) is 15.0. The van der Waals surface area contributed by atoms with E-state index in [9.17, 15) is 4.79 Å². The van der Waals surface area contributed by atoms with E-state index in [1.54, 1.807) is 6.92 Å². The number of carbonyl (C=O) groups is 1. The van der Waals surface area contributed by atoms with E-state index in [-0.39, 0.29) is 5.91 Å². The van der Waals surface area contributed by atoms with Crippen molar-refractivity contribution >= 4 is 11.6 Å². The minimum absolute atomic E-state index is 0.186. The molecule has 6 nitrogen and oxygen atoms in total. The highest BCUT2D eigenvalue weighted by Gasteiger charge is 2.17. The summed E-state index contributed by atoms with van der Waals surface area (Å²) >= 11 is 0. The van der Waals surface area contributed by atoms with E-state index in [0.717, 1.165) is 51.5 Å². The third-order valence-corrected chi connectivity index (χ3v) is 4.22. The summed E-state index contributed by atoms with van der Waals surface area (Å²) in [7, 11) is 0. The highest BCUT2D eigenvalue weighted by atomic mass is 16.2. The summed E-state index contributed by atoms with van der Waals surface area (Å²) in [5.74, 6) is 0.186. The molecule has 0 bridgehead atoms. The molecule has 1 saturated heterocycles. The van der Waals surface area contributed by atoms with Crippen LogP contribution in [0.4, 0.5) is 0 Å². The average molecular weight is 301 g/mol. The molecule has 3 heterocycles. The second-order valence-electron chi connectivity index (χ2n) is 5.70. The Morgan fingerprint density at radius 2 is 2.09 bits per heavy atom. The van der Waals surface area contributed by atoms with Gasteiger partial charge in [0.2, 0.25) is 5.91 Å². The maximum Gasteiger partial charge on any atom is 0.219 e. The van der Waals surface area contributed by atoms with Crippen LogP contribution >= 0.6 is 0 Å². The molecular weight excluding hydrogens is 278 g/mol. The molecule has 2 aromatic heterocycles. The summed E-state index contributed by atoms with van der Waals surface area (Å²) in [4.78, 5) is 20.0. The van der Waals surface area contributed by atoms with Gasteiger partial charge in [0, 0.05) is 58.9 Å². The topological polar surface area (TPSA) is 52.9 Å². The van der Waals surface area contributed by atoms with Gasteiger partial charge in [-0.3, -0.25) is 9.69 Å². The highest BCUT2D eigenvalue weighted by Crippen LogP contribution is 2.05. The monoisotopic (exact) mass is 301 g/mol. The Kier molecular flexibility index (Phi) is 4.70. The van der Waals surface area contributed by atoms with E-state index < -0.39 is 0 Å². The Balaban J connectivity index is 1.40. The number of fused-ring (bicyclic) bond motifs is 1. The molecule has 2 aromatic rings. The number of pyridine rings is 1. The van der Waals surface area contributed by atoms with Gasteiger partial charge in [0.15, 0.2) is 0 Å². The molecule has 1 aliphatic rings. The zero-order valence-electron chi connectivity index (χ0n) is 13.0. The van der Waals surface area contributed by atoms with Gasteiger partial charge in [-0.25, -0.2) is 4.98 Å². The SMILES string of the molecule is CC(=O)N1CCN(CCNCc2cnc3ccccn23)CC1. The highest BCUT2D eigenvalue weighted by molar-refractivity contribution is 5.73. The summed E-state index contributed by atoms with van der Waals surface area (Å²) in [6.45, 7) is 8.06. The average Bonchev–Trinajstić information content (AvgIpc) is 2.95. The van der Waals surface area contributed by atoms with Crippen LogP contribution in [0.1, 0.15) is 12.6 Å². The first-order valence-corrected chi connectivity index (χ1v) is 7.83. The lowest BCUT2D eigenvalue weighted by molar-refractivity contribution is -0.130. The molecule has 6 heteroatoms. The fourth-order valence-corrected chi connectivity index (χ4v) is 2.86. The van der Waals surface area contributed by atoms with E-state index in [1.165, 1.54) is 5.69 Å². The number of aromatic nitrogens is 2. The molecule has 118 valence electrons. The lowest BCUT2D eigenvalue weighted by atomic mass is 10.3. The van der Waals surface area contributed by atoms with Crippen LogP contribution in [0, 0.1) is 0 Å². The zero-order chi connectivity index (χ0) is 15.4. The van der Waals surface area contributed by atoms with Crippen molar-refractivity contribution in [2.24, 2.45) is 0 Å². The van der Waals surface area contributed by atoms with Gasteiger partial charge in [-0.05, 0) is 12.1 Å². The molecule has 0 atom stereocenters. The van der Waals surface area contributed by atoms with Crippen molar-refractivity contribution in [2.75, 3.05) is 39.3 Å². The third-order valence-electron chi connectivity index (χ3n) is 4.22. The first-order valence-electron chi connectivity index (χ1n) is 7.83. The lowest BCUT2D eigenvalue weighted by Crippen LogP contribution is -2.49. The van der Waals surface area contributed by atoms with E-state index in [1.807, 2.05) is 35.5 Å². The molecule has 1 fully saturated rings. The molecule has 1 amide bonds. The number of nitrogens with one attached hydrogen (secondary N) is 1. The van der Waals surface area contributed by atoms with E-state index in [2.05, 4.69) is 19.6 Å². The van der Waals surface area contributed by atoms with E-state index in [0.29, 0.717) is 0 Å². The Morgan fingerprint density at radius 3 is 2.86 bits per heavy atom. The van der Waals surface area contributed by atoms with Crippen molar-refractivity contribution in [2.45, 2.75) is 13.5 Å². The van der Waals surface area contributed by atoms with Crippen LogP contribution in [0.15, 0.2) is 30.6 Å². The summed E-state index contributed by atoms with van der Waals surface area (Å²) in [6.07, 6.45) is 3.97. The van der Waals surface area contributed by atoms with E-state index in [4.69, 9.17) is 0 Å². The summed E-state index contributed by atoms with van der Waals surface area (Å²) in [6, 6.07) is 6.03. The molecule has 0 saturated carbocycles. The minimum atomic E-state index is 0.186. The number of hydrogen-bond acceptors (Lipinski definition) is 4. The van der Waals surface area contributed by atoms with Crippen molar-refractivity contribution in [1.82, 2.24) is 24.5 Å².